The van der Waals surface area contributed by atoms with Crippen molar-refractivity contribution in [2.75, 3.05) is 6.54 Å². The van der Waals surface area contributed by atoms with E-state index in [1.165, 1.54) is 11.1 Å². The van der Waals surface area contributed by atoms with Crippen molar-refractivity contribution in [2.45, 2.75) is 26.3 Å². The number of hydrogen-bond donors (Lipinski definition) is 1. The van der Waals surface area contributed by atoms with Gasteiger partial charge >= 0.3 is 0 Å². The molecule has 2 aromatic rings. The average Bonchev–Trinajstić information content (AvgIpc) is 2.83. The maximum Gasteiger partial charge on any atom is 0.0923 e. The molecule has 2 rings (SSSR count). The predicted octanol–water partition coefficient (Wildman–Crippen LogP) is 3.15. The lowest BCUT2D eigenvalue weighted by Crippen LogP contribution is -2.19. The number of hydrogen-bond acceptors (Lipinski definition) is 2. The molecule has 0 spiro atoms. The van der Waals surface area contributed by atoms with Crippen LogP contribution in [0, 0.1) is 0 Å². The van der Waals surface area contributed by atoms with Crippen molar-refractivity contribution in [3.63, 3.8) is 0 Å². The Kier molecular flexibility index (Phi) is 4.15. The normalized spacial score (nSPS) is 12.6. The van der Waals surface area contributed by atoms with Gasteiger partial charge in [-0.25, -0.2) is 0 Å². The van der Waals surface area contributed by atoms with Gasteiger partial charge in [0.25, 0.3) is 0 Å². The molecular weight excluding hydrogens is 222 g/mol. The molecule has 1 atom stereocenters. The van der Waals surface area contributed by atoms with Crippen LogP contribution in [0.4, 0.5) is 0 Å². The Morgan fingerprint density at radius 3 is 2.39 bits per heavy atom. The van der Waals surface area contributed by atoms with Crippen LogP contribution in [0.3, 0.4) is 0 Å². The third-order valence-electron chi connectivity index (χ3n) is 3.18. The van der Waals surface area contributed by atoms with Crippen LogP contribution in [-0.2, 0) is 7.05 Å². The lowest BCUT2D eigenvalue weighted by Gasteiger charge is -2.16. The standard InChI is InChI=1S/C15H21N3/c1-4-14(16-5-2)12-6-8-13(9-7-12)15-10-11-18(3)17-15/h6-11,14,16H,4-5H2,1-3H3. The summed E-state index contributed by atoms with van der Waals surface area (Å²) in [7, 11) is 1.94. The zero-order valence-electron chi connectivity index (χ0n) is 11.4. The van der Waals surface area contributed by atoms with Crippen molar-refractivity contribution in [1.29, 1.82) is 0 Å². The number of aromatic nitrogens is 2. The maximum absolute atomic E-state index is 4.41. The fraction of sp³-hybridized carbons (Fsp3) is 0.400. The van der Waals surface area contributed by atoms with Crippen LogP contribution in [0.5, 0.6) is 0 Å². The lowest BCUT2D eigenvalue weighted by atomic mass is 10.0. The Hall–Kier alpha value is -1.61. The Morgan fingerprint density at radius 2 is 1.89 bits per heavy atom. The van der Waals surface area contributed by atoms with E-state index in [9.17, 15) is 0 Å². The molecule has 1 N–H and O–H groups in total. The van der Waals surface area contributed by atoms with Gasteiger partial charge in [-0.1, -0.05) is 38.1 Å². The third kappa shape index (κ3) is 2.79. The second kappa shape index (κ2) is 5.83. The predicted molar refractivity (Wildman–Crippen MR) is 75.4 cm³/mol. The van der Waals surface area contributed by atoms with Gasteiger partial charge in [-0.2, -0.15) is 5.10 Å². The molecule has 0 bridgehead atoms. The minimum atomic E-state index is 0.452. The molecule has 0 aliphatic carbocycles. The summed E-state index contributed by atoms with van der Waals surface area (Å²) in [6, 6.07) is 11.2. The van der Waals surface area contributed by atoms with E-state index < -0.39 is 0 Å². The van der Waals surface area contributed by atoms with Crippen molar-refractivity contribution >= 4 is 0 Å². The summed E-state index contributed by atoms with van der Waals surface area (Å²) >= 11 is 0. The summed E-state index contributed by atoms with van der Waals surface area (Å²) < 4.78 is 1.83. The molecule has 0 aliphatic heterocycles. The van der Waals surface area contributed by atoms with Crippen LogP contribution in [-0.4, -0.2) is 16.3 Å². The molecule has 3 heteroatoms. The van der Waals surface area contributed by atoms with Gasteiger partial charge in [-0.15, -0.1) is 0 Å². The zero-order chi connectivity index (χ0) is 13.0. The van der Waals surface area contributed by atoms with Crippen molar-refractivity contribution in [2.24, 2.45) is 7.05 Å². The second-order valence-electron chi connectivity index (χ2n) is 4.52. The topological polar surface area (TPSA) is 29.9 Å². The SMILES string of the molecule is CCNC(CC)c1ccc(-c2ccn(C)n2)cc1. The summed E-state index contributed by atoms with van der Waals surface area (Å²) in [4.78, 5) is 0. The van der Waals surface area contributed by atoms with Gasteiger partial charge in [0.05, 0.1) is 5.69 Å². The molecule has 0 saturated heterocycles. The monoisotopic (exact) mass is 243 g/mol. The third-order valence-corrected chi connectivity index (χ3v) is 3.18. The molecular formula is C15H21N3. The number of benzene rings is 1. The van der Waals surface area contributed by atoms with Gasteiger partial charge in [-0.3, -0.25) is 4.68 Å². The van der Waals surface area contributed by atoms with Crippen LogP contribution in [0.25, 0.3) is 11.3 Å². The van der Waals surface area contributed by atoms with Gasteiger partial charge in [0.2, 0.25) is 0 Å². The molecule has 1 aromatic carbocycles. The molecule has 0 amide bonds. The number of rotatable bonds is 5. The van der Waals surface area contributed by atoms with Crippen molar-refractivity contribution < 1.29 is 0 Å². The molecule has 1 aromatic heterocycles. The lowest BCUT2D eigenvalue weighted by molar-refractivity contribution is 0.537. The van der Waals surface area contributed by atoms with E-state index in [2.05, 4.69) is 48.5 Å². The van der Waals surface area contributed by atoms with Gasteiger partial charge in [0.1, 0.15) is 0 Å². The Balaban J connectivity index is 2.19. The maximum atomic E-state index is 4.41. The van der Waals surface area contributed by atoms with Gasteiger partial charge < -0.3 is 5.32 Å². The summed E-state index contributed by atoms with van der Waals surface area (Å²) in [5.74, 6) is 0. The van der Waals surface area contributed by atoms with Crippen molar-refractivity contribution in [3.8, 4) is 11.3 Å². The Morgan fingerprint density at radius 1 is 1.17 bits per heavy atom. The van der Waals surface area contributed by atoms with E-state index in [0.717, 1.165) is 18.7 Å². The van der Waals surface area contributed by atoms with Crippen LogP contribution < -0.4 is 5.32 Å². The average molecular weight is 243 g/mol. The summed E-state index contributed by atoms with van der Waals surface area (Å²) in [6.45, 7) is 5.35. The van der Waals surface area contributed by atoms with E-state index in [1.807, 2.05) is 24.0 Å². The molecule has 3 nitrogen and oxygen atoms in total. The molecule has 0 aliphatic rings. The first-order chi connectivity index (χ1) is 8.74. The summed E-state index contributed by atoms with van der Waals surface area (Å²) in [6.07, 6.45) is 3.08. The number of nitrogens with zero attached hydrogens (tertiary/aromatic N) is 2. The molecule has 0 radical (unpaired) electrons. The minimum Gasteiger partial charge on any atom is -0.310 e. The van der Waals surface area contributed by atoms with Crippen LogP contribution in [0.15, 0.2) is 36.5 Å². The highest BCUT2D eigenvalue weighted by Crippen LogP contribution is 2.21. The van der Waals surface area contributed by atoms with Gasteiger partial charge in [0.15, 0.2) is 0 Å². The van der Waals surface area contributed by atoms with E-state index in [0.29, 0.717) is 6.04 Å². The minimum absolute atomic E-state index is 0.452. The zero-order valence-corrected chi connectivity index (χ0v) is 11.4. The molecule has 18 heavy (non-hydrogen) atoms. The smallest absolute Gasteiger partial charge is 0.0923 e. The fourth-order valence-corrected chi connectivity index (χ4v) is 2.20. The summed E-state index contributed by atoms with van der Waals surface area (Å²) in [5, 5.41) is 7.91. The van der Waals surface area contributed by atoms with Crippen molar-refractivity contribution in [3.05, 3.63) is 42.1 Å². The highest BCUT2D eigenvalue weighted by atomic mass is 15.2. The van der Waals surface area contributed by atoms with E-state index in [-0.39, 0.29) is 0 Å². The molecule has 1 heterocycles. The molecule has 0 saturated carbocycles. The molecule has 0 fully saturated rings. The first kappa shape index (κ1) is 12.8. The Labute approximate surface area is 109 Å². The van der Waals surface area contributed by atoms with Gasteiger partial charge in [-0.05, 0) is 24.6 Å². The number of nitrogens with one attached hydrogen (secondary N) is 1. The first-order valence-corrected chi connectivity index (χ1v) is 6.58. The Bertz CT molecular complexity index is 485. The largest absolute Gasteiger partial charge is 0.310 e. The number of aryl methyl sites for hydroxylation is 1. The quantitative estimate of drug-likeness (QED) is 0.874. The van der Waals surface area contributed by atoms with E-state index in [4.69, 9.17) is 0 Å². The fourth-order valence-electron chi connectivity index (χ4n) is 2.20. The van der Waals surface area contributed by atoms with Crippen LogP contribution in [0.2, 0.25) is 0 Å². The van der Waals surface area contributed by atoms with Gasteiger partial charge in [0, 0.05) is 24.8 Å². The van der Waals surface area contributed by atoms with E-state index >= 15 is 0 Å². The van der Waals surface area contributed by atoms with E-state index in [1.54, 1.807) is 0 Å². The molecule has 96 valence electrons. The first-order valence-electron chi connectivity index (χ1n) is 6.58. The van der Waals surface area contributed by atoms with Crippen LogP contribution >= 0.6 is 0 Å². The van der Waals surface area contributed by atoms with Crippen LogP contribution in [0.1, 0.15) is 31.9 Å². The molecule has 1 unspecified atom stereocenters. The summed E-state index contributed by atoms with van der Waals surface area (Å²) in [5.41, 5.74) is 3.55. The highest BCUT2D eigenvalue weighted by molar-refractivity contribution is 5.58. The highest BCUT2D eigenvalue weighted by Gasteiger charge is 2.08. The van der Waals surface area contributed by atoms with Crippen molar-refractivity contribution in [1.82, 2.24) is 15.1 Å². The second-order valence-corrected chi connectivity index (χ2v) is 4.52.